The summed E-state index contributed by atoms with van der Waals surface area (Å²) in [7, 11) is 2.89. The van der Waals surface area contributed by atoms with Crippen LogP contribution in [-0.2, 0) is 12.0 Å². The van der Waals surface area contributed by atoms with Gasteiger partial charge in [-0.1, -0.05) is 43.3 Å². The number of carbonyl (C=O) groups excluding carboxylic acids is 1. The Morgan fingerprint density at radius 3 is 2.35 bits per heavy atom. The van der Waals surface area contributed by atoms with E-state index in [2.05, 4.69) is 0 Å². The molecule has 0 unspecified atom stereocenters. The van der Waals surface area contributed by atoms with E-state index in [0.29, 0.717) is 52.1 Å². The minimum atomic E-state index is -0.543. The van der Waals surface area contributed by atoms with Crippen molar-refractivity contribution in [1.82, 2.24) is 4.57 Å². The second kappa shape index (κ2) is 11.2. The van der Waals surface area contributed by atoms with Crippen LogP contribution in [0.15, 0.2) is 78.9 Å². The molecule has 1 saturated carbocycles. The lowest BCUT2D eigenvalue weighted by molar-refractivity contribution is 0.0249. The molecule has 0 radical (unpaired) electrons. The van der Waals surface area contributed by atoms with Crippen molar-refractivity contribution in [2.75, 3.05) is 14.2 Å². The number of aliphatic hydroxyl groups is 1. The van der Waals surface area contributed by atoms with Gasteiger partial charge in [-0.2, -0.15) is 0 Å². The van der Waals surface area contributed by atoms with Crippen LogP contribution in [0.4, 0.5) is 8.78 Å². The lowest BCUT2D eigenvalue weighted by atomic mass is 9.64. The SMILES string of the molecule is COc1cc(-n2c(C3(C)CC(O)C3)c(-c3ccc(C=O)c(OC)c3)c3c(OCc4ccccc4)cc(F)cc32)ccc1F. The second-order valence-electron chi connectivity index (χ2n) is 11.1. The van der Waals surface area contributed by atoms with Gasteiger partial charge in [-0.05, 0) is 54.3 Å². The predicted octanol–water partition coefficient (Wildman–Crippen LogP) is 7.40. The number of aliphatic hydroxyl groups excluding tert-OH is 1. The molecule has 220 valence electrons. The van der Waals surface area contributed by atoms with Gasteiger partial charge in [0.05, 0.1) is 36.8 Å². The summed E-state index contributed by atoms with van der Waals surface area (Å²) >= 11 is 0. The normalized spacial score (nSPS) is 17.9. The van der Waals surface area contributed by atoms with Crippen molar-refractivity contribution < 1.29 is 32.9 Å². The van der Waals surface area contributed by atoms with Gasteiger partial charge in [-0.15, -0.1) is 0 Å². The number of nitrogens with zero attached hydrogens (tertiary/aromatic N) is 1. The first-order valence-corrected chi connectivity index (χ1v) is 14.0. The highest BCUT2D eigenvalue weighted by atomic mass is 19.1. The highest BCUT2D eigenvalue weighted by Crippen LogP contribution is 2.53. The van der Waals surface area contributed by atoms with Gasteiger partial charge in [0.15, 0.2) is 17.9 Å². The molecule has 6 nitrogen and oxygen atoms in total. The Labute approximate surface area is 248 Å². The number of hydrogen-bond acceptors (Lipinski definition) is 5. The number of aromatic nitrogens is 1. The lowest BCUT2D eigenvalue weighted by Gasteiger charge is -2.44. The quantitative estimate of drug-likeness (QED) is 0.183. The first-order valence-electron chi connectivity index (χ1n) is 14.0. The van der Waals surface area contributed by atoms with Crippen molar-refractivity contribution in [3.63, 3.8) is 0 Å². The van der Waals surface area contributed by atoms with Crippen LogP contribution in [0.2, 0.25) is 0 Å². The van der Waals surface area contributed by atoms with Gasteiger partial charge >= 0.3 is 0 Å². The van der Waals surface area contributed by atoms with E-state index in [0.717, 1.165) is 23.1 Å². The van der Waals surface area contributed by atoms with Crippen LogP contribution >= 0.6 is 0 Å². The van der Waals surface area contributed by atoms with Gasteiger partial charge in [0.1, 0.15) is 23.9 Å². The molecule has 0 spiro atoms. The average Bonchev–Trinajstić information content (AvgIpc) is 3.35. The van der Waals surface area contributed by atoms with Crippen molar-refractivity contribution in [1.29, 1.82) is 0 Å². The number of fused-ring (bicyclic) bond motifs is 1. The standard InChI is InChI=1S/C35H31F2NO5/c1-35(17-26(40)18-35)34-32(22-9-10-23(19-39)29(13-22)41-2)33-28(38(34)25-11-12-27(37)30(16-25)42-3)14-24(36)15-31(33)43-20-21-7-5-4-6-8-21/h4-16,19,26,40H,17-18,20H2,1-3H3. The minimum Gasteiger partial charge on any atom is -0.496 e. The Morgan fingerprint density at radius 1 is 0.930 bits per heavy atom. The minimum absolute atomic E-state index is 0.0413. The van der Waals surface area contributed by atoms with Gasteiger partial charge in [-0.25, -0.2) is 8.78 Å². The molecule has 1 fully saturated rings. The molecule has 1 heterocycles. The summed E-state index contributed by atoms with van der Waals surface area (Å²) in [4.78, 5) is 11.7. The topological polar surface area (TPSA) is 69.9 Å². The molecule has 1 aliphatic rings. The number of aldehydes is 1. The number of benzene rings is 4. The van der Waals surface area contributed by atoms with Crippen LogP contribution < -0.4 is 14.2 Å². The number of rotatable bonds is 9. The predicted molar refractivity (Wildman–Crippen MR) is 160 cm³/mol. The molecule has 4 aromatic carbocycles. The van der Waals surface area contributed by atoms with Crippen LogP contribution in [0.5, 0.6) is 17.2 Å². The van der Waals surface area contributed by atoms with Gasteiger partial charge in [0, 0.05) is 34.5 Å². The van der Waals surface area contributed by atoms with E-state index < -0.39 is 23.2 Å². The third-order valence-corrected chi connectivity index (χ3v) is 8.22. The number of ether oxygens (including phenoxy) is 3. The molecule has 1 N–H and O–H groups in total. The molecular formula is C35H31F2NO5. The molecule has 1 aromatic heterocycles. The van der Waals surface area contributed by atoms with E-state index in [-0.39, 0.29) is 12.4 Å². The van der Waals surface area contributed by atoms with Gasteiger partial charge in [0.2, 0.25) is 0 Å². The molecule has 6 rings (SSSR count). The molecule has 43 heavy (non-hydrogen) atoms. The summed E-state index contributed by atoms with van der Waals surface area (Å²) in [6.07, 6.45) is 1.14. The highest BCUT2D eigenvalue weighted by molar-refractivity contribution is 6.04. The molecule has 8 heteroatoms. The molecule has 5 aromatic rings. The highest BCUT2D eigenvalue weighted by Gasteiger charge is 2.46. The number of carbonyl (C=O) groups is 1. The average molecular weight is 584 g/mol. The van der Waals surface area contributed by atoms with Crippen LogP contribution in [0.1, 0.15) is 41.4 Å². The maximum atomic E-state index is 15.5. The van der Waals surface area contributed by atoms with Crippen LogP contribution in [0, 0.1) is 11.6 Å². The molecule has 0 atom stereocenters. The largest absolute Gasteiger partial charge is 0.496 e. The van der Waals surface area contributed by atoms with Gasteiger partial charge < -0.3 is 23.9 Å². The van der Waals surface area contributed by atoms with Crippen molar-refractivity contribution in [3.05, 3.63) is 107 Å². The third kappa shape index (κ3) is 5.02. The van der Waals surface area contributed by atoms with Crippen molar-refractivity contribution in [2.45, 2.75) is 37.9 Å². The zero-order valence-electron chi connectivity index (χ0n) is 24.1. The van der Waals surface area contributed by atoms with E-state index in [9.17, 15) is 14.3 Å². The van der Waals surface area contributed by atoms with Gasteiger partial charge in [-0.3, -0.25) is 4.79 Å². The van der Waals surface area contributed by atoms with E-state index in [1.165, 1.54) is 32.4 Å². The molecule has 0 amide bonds. The van der Waals surface area contributed by atoms with Crippen LogP contribution in [0.3, 0.4) is 0 Å². The Balaban J connectivity index is 1.72. The fourth-order valence-corrected chi connectivity index (χ4v) is 6.24. The van der Waals surface area contributed by atoms with E-state index in [1.807, 2.05) is 47.9 Å². The number of halogens is 2. The Bertz CT molecular complexity index is 1830. The summed E-state index contributed by atoms with van der Waals surface area (Å²) in [6, 6.07) is 22.2. The van der Waals surface area contributed by atoms with E-state index in [1.54, 1.807) is 24.3 Å². The fourth-order valence-electron chi connectivity index (χ4n) is 6.24. The van der Waals surface area contributed by atoms with Crippen molar-refractivity contribution in [2.24, 2.45) is 0 Å². The first kappa shape index (κ1) is 28.4. The lowest BCUT2D eigenvalue weighted by Crippen LogP contribution is -2.43. The number of hydrogen-bond donors (Lipinski definition) is 1. The Morgan fingerprint density at radius 2 is 1.67 bits per heavy atom. The van der Waals surface area contributed by atoms with Crippen molar-refractivity contribution >= 4 is 17.2 Å². The van der Waals surface area contributed by atoms with Gasteiger partial charge in [0.25, 0.3) is 0 Å². The van der Waals surface area contributed by atoms with E-state index in [4.69, 9.17) is 14.2 Å². The van der Waals surface area contributed by atoms with E-state index >= 15 is 4.39 Å². The fraction of sp³-hybridized carbons (Fsp3) is 0.229. The van der Waals surface area contributed by atoms with Crippen molar-refractivity contribution in [3.8, 4) is 34.1 Å². The first-order chi connectivity index (χ1) is 20.8. The Kier molecular flexibility index (Phi) is 7.40. The maximum absolute atomic E-state index is 15.5. The maximum Gasteiger partial charge on any atom is 0.165 e. The summed E-state index contributed by atoms with van der Waals surface area (Å²) in [5.41, 5.74) is 4.07. The molecule has 0 aliphatic heterocycles. The van der Waals surface area contributed by atoms with Crippen LogP contribution in [-0.4, -0.2) is 36.3 Å². The summed E-state index contributed by atoms with van der Waals surface area (Å²) in [5.74, 6) is -0.281. The van der Waals surface area contributed by atoms with Crippen LogP contribution in [0.25, 0.3) is 27.7 Å². The number of methoxy groups -OCH3 is 2. The zero-order valence-corrected chi connectivity index (χ0v) is 24.1. The molecule has 0 bridgehead atoms. The monoisotopic (exact) mass is 583 g/mol. The molecule has 0 saturated heterocycles. The summed E-state index contributed by atoms with van der Waals surface area (Å²) in [6.45, 7) is 2.25. The smallest absolute Gasteiger partial charge is 0.165 e. The summed E-state index contributed by atoms with van der Waals surface area (Å²) in [5, 5.41) is 11.1. The summed E-state index contributed by atoms with van der Waals surface area (Å²) < 4.78 is 49.1. The molecule has 1 aliphatic carbocycles. The Hall–Kier alpha value is -4.69. The second-order valence-corrected chi connectivity index (χ2v) is 11.1. The zero-order chi connectivity index (χ0) is 30.3. The molecular weight excluding hydrogens is 552 g/mol. The third-order valence-electron chi connectivity index (χ3n) is 8.22.